The van der Waals surface area contributed by atoms with E-state index in [4.69, 9.17) is 9.47 Å². The van der Waals surface area contributed by atoms with E-state index in [-0.39, 0.29) is 31.1 Å². The molecule has 2 unspecified atom stereocenters. The molecule has 1 fully saturated rings. The first kappa shape index (κ1) is 28.5. The highest BCUT2D eigenvalue weighted by molar-refractivity contribution is 9.10. The van der Waals surface area contributed by atoms with Crippen molar-refractivity contribution in [3.63, 3.8) is 0 Å². The van der Waals surface area contributed by atoms with Crippen molar-refractivity contribution in [1.82, 2.24) is 30.0 Å². The second-order valence-electron chi connectivity index (χ2n) is 10.5. The number of nitrogens with one attached hydrogen (secondary N) is 2. The number of urea groups is 1. The van der Waals surface area contributed by atoms with Crippen molar-refractivity contribution in [3.8, 4) is 17.0 Å². The number of benzene rings is 2. The number of imidazole rings is 1. The van der Waals surface area contributed by atoms with E-state index >= 15 is 0 Å². The van der Waals surface area contributed by atoms with Gasteiger partial charge < -0.3 is 34.5 Å². The van der Waals surface area contributed by atoms with Crippen LogP contribution in [0.5, 0.6) is 5.75 Å². The first-order valence-electron chi connectivity index (χ1n) is 13.3. The molecule has 3 heterocycles. The van der Waals surface area contributed by atoms with Crippen LogP contribution in [-0.2, 0) is 22.6 Å². The molecule has 41 heavy (non-hydrogen) atoms. The number of methoxy groups -OCH3 is 2. The van der Waals surface area contributed by atoms with Gasteiger partial charge in [-0.05, 0) is 46.9 Å². The van der Waals surface area contributed by atoms with Gasteiger partial charge in [-0.2, -0.15) is 0 Å². The standard InChI is InChI=1S/C29H33BrN6O5/c1-17(2)25(33-28(38)41-4)27(37)36-16-35(29(39)34-13-19-7-10-22(40-3)11-20(19)14-34)15-24(36)26-31-12-23(32-26)18-5-8-21(30)9-6-18/h5-12,17,24-25H,13-16H2,1-4H3,(H,31,32)(H,33,38). The van der Waals surface area contributed by atoms with Gasteiger partial charge in [0.25, 0.3) is 0 Å². The van der Waals surface area contributed by atoms with Crippen LogP contribution in [0, 0.1) is 5.92 Å². The molecule has 1 saturated heterocycles. The van der Waals surface area contributed by atoms with Crippen molar-refractivity contribution in [1.29, 1.82) is 0 Å². The zero-order chi connectivity index (χ0) is 29.3. The average Bonchev–Trinajstić information content (AvgIpc) is 3.73. The fourth-order valence-corrected chi connectivity index (χ4v) is 5.50. The maximum Gasteiger partial charge on any atom is 0.407 e. The van der Waals surface area contributed by atoms with Gasteiger partial charge in [-0.15, -0.1) is 0 Å². The van der Waals surface area contributed by atoms with Crippen molar-refractivity contribution < 1.29 is 23.9 Å². The third kappa shape index (κ3) is 5.88. The van der Waals surface area contributed by atoms with Crippen molar-refractivity contribution in [3.05, 3.63) is 70.1 Å². The summed E-state index contributed by atoms with van der Waals surface area (Å²) in [6, 6.07) is 12.1. The molecule has 4 amide bonds. The number of hydrogen-bond acceptors (Lipinski definition) is 6. The Morgan fingerprint density at radius 2 is 1.78 bits per heavy atom. The highest BCUT2D eigenvalue weighted by atomic mass is 79.9. The lowest BCUT2D eigenvalue weighted by Gasteiger charge is -2.29. The Kier molecular flexibility index (Phi) is 8.20. The van der Waals surface area contributed by atoms with Crippen molar-refractivity contribution in [2.75, 3.05) is 27.4 Å². The number of fused-ring (bicyclic) bond motifs is 1. The fourth-order valence-electron chi connectivity index (χ4n) is 5.24. The number of aromatic amines is 1. The van der Waals surface area contributed by atoms with Crippen LogP contribution in [0.1, 0.15) is 36.8 Å². The van der Waals surface area contributed by atoms with Crippen LogP contribution in [0.3, 0.4) is 0 Å². The van der Waals surface area contributed by atoms with Crippen LogP contribution < -0.4 is 10.1 Å². The van der Waals surface area contributed by atoms with Crippen LogP contribution in [0.15, 0.2) is 53.1 Å². The van der Waals surface area contributed by atoms with E-state index in [9.17, 15) is 14.4 Å². The monoisotopic (exact) mass is 624 g/mol. The Labute approximate surface area is 246 Å². The summed E-state index contributed by atoms with van der Waals surface area (Å²) in [5, 5.41) is 2.66. The van der Waals surface area contributed by atoms with E-state index in [2.05, 4.69) is 31.2 Å². The number of hydrogen-bond donors (Lipinski definition) is 2. The smallest absolute Gasteiger partial charge is 0.407 e. The number of carbonyl (C=O) groups is 3. The molecule has 2 N–H and O–H groups in total. The molecule has 2 aliphatic rings. The summed E-state index contributed by atoms with van der Waals surface area (Å²) in [6.07, 6.45) is 1.03. The molecule has 2 aliphatic heterocycles. The fraction of sp³-hybridized carbons (Fsp3) is 0.379. The average molecular weight is 626 g/mol. The summed E-state index contributed by atoms with van der Waals surface area (Å²) >= 11 is 3.46. The SMILES string of the molecule is COC(=O)NC(C(=O)N1CN(C(=O)N2Cc3ccc(OC)cc3C2)CC1c1ncc(-c2ccc(Br)cc2)[nH]1)C(C)C. The van der Waals surface area contributed by atoms with Gasteiger partial charge in [0.1, 0.15) is 23.7 Å². The molecule has 3 aromatic rings. The van der Waals surface area contributed by atoms with E-state index in [0.29, 0.717) is 18.9 Å². The molecule has 0 spiro atoms. The number of amides is 4. The molecular formula is C29H33BrN6O5. The van der Waals surface area contributed by atoms with Gasteiger partial charge in [-0.1, -0.05) is 48.0 Å². The van der Waals surface area contributed by atoms with Crippen LogP contribution in [0.4, 0.5) is 9.59 Å². The normalized spacial score (nSPS) is 17.0. The third-order valence-corrected chi connectivity index (χ3v) is 8.04. The van der Waals surface area contributed by atoms with Crippen molar-refractivity contribution in [2.24, 2.45) is 5.92 Å². The molecule has 0 saturated carbocycles. The second-order valence-corrected chi connectivity index (χ2v) is 11.4. The second kappa shape index (κ2) is 11.8. The molecule has 1 aromatic heterocycles. The number of carbonyl (C=O) groups excluding carboxylic acids is 3. The van der Waals surface area contributed by atoms with E-state index in [1.54, 1.807) is 28.0 Å². The molecule has 0 radical (unpaired) electrons. The van der Waals surface area contributed by atoms with Gasteiger partial charge >= 0.3 is 12.1 Å². The van der Waals surface area contributed by atoms with E-state index in [0.717, 1.165) is 32.6 Å². The number of aromatic nitrogens is 2. The summed E-state index contributed by atoms with van der Waals surface area (Å²) in [6.45, 7) is 4.92. The quantitative estimate of drug-likeness (QED) is 0.416. The number of ether oxygens (including phenoxy) is 2. The molecule has 0 aliphatic carbocycles. The number of H-pyrrole nitrogens is 1. The minimum absolute atomic E-state index is 0.0545. The van der Waals surface area contributed by atoms with E-state index in [1.165, 1.54) is 7.11 Å². The first-order valence-corrected chi connectivity index (χ1v) is 14.1. The third-order valence-electron chi connectivity index (χ3n) is 7.51. The van der Waals surface area contributed by atoms with Crippen LogP contribution in [0.2, 0.25) is 0 Å². The van der Waals surface area contributed by atoms with E-state index < -0.39 is 18.2 Å². The van der Waals surface area contributed by atoms with Crippen LogP contribution in [0.25, 0.3) is 11.3 Å². The molecule has 5 rings (SSSR count). The summed E-state index contributed by atoms with van der Waals surface area (Å²) < 4.78 is 11.1. The molecule has 216 valence electrons. The molecule has 11 nitrogen and oxygen atoms in total. The van der Waals surface area contributed by atoms with Gasteiger partial charge in [0, 0.05) is 17.6 Å². The van der Waals surface area contributed by atoms with Crippen LogP contribution >= 0.6 is 15.9 Å². The predicted molar refractivity (Wildman–Crippen MR) is 155 cm³/mol. The molecule has 2 aromatic carbocycles. The largest absolute Gasteiger partial charge is 0.497 e. The zero-order valence-electron chi connectivity index (χ0n) is 23.4. The molecule has 12 heteroatoms. The maximum absolute atomic E-state index is 13.9. The minimum atomic E-state index is -0.843. The highest BCUT2D eigenvalue weighted by Gasteiger charge is 2.43. The topological polar surface area (TPSA) is 120 Å². The summed E-state index contributed by atoms with van der Waals surface area (Å²) in [5.74, 6) is 0.765. The van der Waals surface area contributed by atoms with Gasteiger partial charge in [-0.3, -0.25) is 4.79 Å². The molecule has 0 bridgehead atoms. The molecular weight excluding hydrogens is 592 g/mol. The summed E-state index contributed by atoms with van der Waals surface area (Å²) in [7, 11) is 2.87. The minimum Gasteiger partial charge on any atom is -0.497 e. The summed E-state index contributed by atoms with van der Waals surface area (Å²) in [5.41, 5.74) is 3.83. The first-order chi connectivity index (χ1) is 19.7. The van der Waals surface area contributed by atoms with Gasteiger partial charge in [0.05, 0.1) is 39.3 Å². The summed E-state index contributed by atoms with van der Waals surface area (Å²) in [4.78, 5) is 52.7. The Morgan fingerprint density at radius 1 is 1.05 bits per heavy atom. The Morgan fingerprint density at radius 3 is 2.46 bits per heavy atom. The van der Waals surface area contributed by atoms with Gasteiger partial charge in [0.15, 0.2) is 0 Å². The maximum atomic E-state index is 13.9. The van der Waals surface area contributed by atoms with Gasteiger partial charge in [0.2, 0.25) is 5.91 Å². The van der Waals surface area contributed by atoms with E-state index in [1.807, 2.05) is 56.3 Å². The number of alkyl carbamates (subject to hydrolysis) is 1. The lowest BCUT2D eigenvalue weighted by Crippen LogP contribution is -2.52. The lowest BCUT2D eigenvalue weighted by molar-refractivity contribution is -0.135. The Bertz CT molecular complexity index is 1440. The Hall–Kier alpha value is -4.06. The number of rotatable bonds is 6. The highest BCUT2D eigenvalue weighted by Crippen LogP contribution is 2.33. The zero-order valence-corrected chi connectivity index (χ0v) is 25.0. The number of nitrogens with zero attached hydrogens (tertiary/aromatic N) is 4. The van der Waals surface area contributed by atoms with Crippen LogP contribution in [-0.4, -0.2) is 76.2 Å². The van der Waals surface area contributed by atoms with Crippen molar-refractivity contribution in [2.45, 2.75) is 39.0 Å². The molecule has 2 atom stereocenters. The number of halogens is 1. The predicted octanol–water partition coefficient (Wildman–Crippen LogP) is 4.51. The van der Waals surface area contributed by atoms with Crippen molar-refractivity contribution >= 4 is 34.0 Å². The Balaban J connectivity index is 1.41. The lowest BCUT2D eigenvalue weighted by atomic mass is 10.0. The van der Waals surface area contributed by atoms with Gasteiger partial charge in [-0.25, -0.2) is 14.6 Å².